The van der Waals surface area contributed by atoms with E-state index in [1.165, 1.54) is 7.05 Å². The molecule has 1 fully saturated rings. The Labute approximate surface area is 116 Å². The minimum absolute atomic E-state index is 0.0115. The Bertz CT molecular complexity index is 485. The standard InChI is InChI=1S/C14H18F2N2O2/c1-17-13-11(15)5-8(6-12(13)16)14(19)18-9-3-4-10(7-9)20-2/h5-6,9-10,17H,3-4,7H2,1-2H3,(H,18,19). The molecule has 0 aromatic heterocycles. The number of amides is 1. The maximum atomic E-state index is 13.6. The van der Waals surface area contributed by atoms with Gasteiger partial charge in [-0.2, -0.15) is 0 Å². The van der Waals surface area contributed by atoms with Crippen LogP contribution >= 0.6 is 0 Å². The Morgan fingerprint density at radius 2 is 1.95 bits per heavy atom. The lowest BCUT2D eigenvalue weighted by Gasteiger charge is -2.14. The van der Waals surface area contributed by atoms with Gasteiger partial charge in [0.1, 0.15) is 17.3 Å². The normalized spacial score (nSPS) is 21.8. The molecule has 4 nitrogen and oxygen atoms in total. The molecule has 2 rings (SSSR count). The van der Waals surface area contributed by atoms with Gasteiger partial charge < -0.3 is 15.4 Å². The van der Waals surface area contributed by atoms with Crippen LogP contribution in [-0.2, 0) is 4.74 Å². The number of rotatable bonds is 4. The number of hydrogen-bond donors (Lipinski definition) is 2. The van der Waals surface area contributed by atoms with Crippen LogP contribution in [0.1, 0.15) is 29.6 Å². The first-order chi connectivity index (χ1) is 9.55. The third-order valence-corrected chi connectivity index (χ3v) is 3.61. The Morgan fingerprint density at radius 3 is 2.45 bits per heavy atom. The second-order valence-corrected chi connectivity index (χ2v) is 4.91. The second kappa shape index (κ2) is 6.17. The number of benzene rings is 1. The molecule has 110 valence electrons. The molecule has 1 aromatic carbocycles. The summed E-state index contributed by atoms with van der Waals surface area (Å²) < 4.78 is 32.4. The summed E-state index contributed by atoms with van der Waals surface area (Å²) in [7, 11) is 3.06. The van der Waals surface area contributed by atoms with Crippen molar-refractivity contribution in [2.24, 2.45) is 0 Å². The summed E-state index contributed by atoms with van der Waals surface area (Å²) in [6, 6.07) is 2.06. The van der Waals surface area contributed by atoms with Gasteiger partial charge in [-0.05, 0) is 31.4 Å². The van der Waals surface area contributed by atoms with Gasteiger partial charge in [0.15, 0.2) is 0 Å². The maximum Gasteiger partial charge on any atom is 0.251 e. The minimum Gasteiger partial charge on any atom is -0.383 e. The summed E-state index contributed by atoms with van der Waals surface area (Å²) in [5.74, 6) is -2.02. The molecule has 2 unspecified atom stereocenters. The Morgan fingerprint density at radius 1 is 1.30 bits per heavy atom. The van der Waals surface area contributed by atoms with Crippen LogP contribution in [0.2, 0.25) is 0 Å². The highest BCUT2D eigenvalue weighted by Gasteiger charge is 2.26. The zero-order valence-electron chi connectivity index (χ0n) is 11.5. The van der Waals surface area contributed by atoms with Gasteiger partial charge in [0.2, 0.25) is 0 Å². The zero-order valence-corrected chi connectivity index (χ0v) is 11.5. The van der Waals surface area contributed by atoms with E-state index in [9.17, 15) is 13.6 Å². The lowest BCUT2D eigenvalue weighted by Crippen LogP contribution is -2.33. The van der Waals surface area contributed by atoms with Crippen molar-refractivity contribution in [3.05, 3.63) is 29.3 Å². The van der Waals surface area contributed by atoms with Crippen LogP contribution in [0.25, 0.3) is 0 Å². The van der Waals surface area contributed by atoms with E-state index in [4.69, 9.17) is 4.74 Å². The average Bonchev–Trinajstić information content (AvgIpc) is 2.86. The highest BCUT2D eigenvalue weighted by molar-refractivity contribution is 5.94. The molecule has 0 spiro atoms. The van der Waals surface area contributed by atoms with Crippen LogP contribution in [0.15, 0.2) is 12.1 Å². The Balaban J connectivity index is 2.06. The van der Waals surface area contributed by atoms with Crippen molar-refractivity contribution in [3.63, 3.8) is 0 Å². The van der Waals surface area contributed by atoms with Crippen LogP contribution in [0, 0.1) is 11.6 Å². The molecule has 0 radical (unpaired) electrons. The fourth-order valence-corrected chi connectivity index (χ4v) is 2.50. The topological polar surface area (TPSA) is 50.4 Å². The zero-order chi connectivity index (χ0) is 14.7. The molecular formula is C14H18F2N2O2. The maximum absolute atomic E-state index is 13.6. The van der Waals surface area contributed by atoms with Crippen molar-refractivity contribution in [1.29, 1.82) is 0 Å². The van der Waals surface area contributed by atoms with Gasteiger partial charge in [0.05, 0.1) is 6.10 Å². The smallest absolute Gasteiger partial charge is 0.251 e. The van der Waals surface area contributed by atoms with Gasteiger partial charge in [-0.15, -0.1) is 0 Å². The van der Waals surface area contributed by atoms with E-state index >= 15 is 0 Å². The molecule has 0 heterocycles. The van der Waals surface area contributed by atoms with Crippen LogP contribution in [0.5, 0.6) is 0 Å². The number of methoxy groups -OCH3 is 1. The Kier molecular flexibility index (Phi) is 4.54. The molecule has 2 N–H and O–H groups in total. The molecule has 0 bridgehead atoms. The third-order valence-electron chi connectivity index (χ3n) is 3.61. The number of carbonyl (C=O) groups is 1. The van der Waals surface area contributed by atoms with Gasteiger partial charge in [0.25, 0.3) is 5.91 Å². The second-order valence-electron chi connectivity index (χ2n) is 4.91. The van der Waals surface area contributed by atoms with Gasteiger partial charge >= 0.3 is 0 Å². The first kappa shape index (κ1) is 14.7. The van der Waals surface area contributed by atoms with Crippen molar-refractivity contribution in [1.82, 2.24) is 5.32 Å². The molecular weight excluding hydrogens is 266 g/mol. The highest BCUT2D eigenvalue weighted by Crippen LogP contribution is 2.23. The quantitative estimate of drug-likeness (QED) is 0.892. The summed E-state index contributed by atoms with van der Waals surface area (Å²) in [6.07, 6.45) is 2.55. The summed E-state index contributed by atoms with van der Waals surface area (Å²) in [5, 5.41) is 5.20. The van der Waals surface area contributed by atoms with Crippen LogP contribution < -0.4 is 10.6 Å². The monoisotopic (exact) mass is 284 g/mol. The number of anilines is 1. The lowest BCUT2D eigenvalue weighted by molar-refractivity contribution is 0.0914. The number of halogens is 2. The van der Waals surface area contributed by atoms with Crippen molar-refractivity contribution in [2.45, 2.75) is 31.4 Å². The van der Waals surface area contributed by atoms with E-state index in [-0.39, 0.29) is 23.4 Å². The van der Waals surface area contributed by atoms with E-state index in [0.717, 1.165) is 31.4 Å². The predicted molar refractivity (Wildman–Crippen MR) is 71.8 cm³/mol. The fourth-order valence-electron chi connectivity index (χ4n) is 2.50. The third kappa shape index (κ3) is 3.07. The number of carbonyl (C=O) groups excluding carboxylic acids is 1. The molecule has 1 aliphatic rings. The lowest BCUT2D eigenvalue weighted by atomic mass is 10.1. The van der Waals surface area contributed by atoms with E-state index in [1.807, 2.05) is 0 Å². The SMILES string of the molecule is CNc1c(F)cc(C(=O)NC2CCC(OC)C2)cc1F. The molecule has 0 aliphatic heterocycles. The summed E-state index contributed by atoms with van der Waals surface area (Å²) in [4.78, 5) is 12.0. The van der Waals surface area contributed by atoms with E-state index in [2.05, 4.69) is 10.6 Å². The fraction of sp³-hybridized carbons (Fsp3) is 0.500. The molecule has 2 atom stereocenters. The average molecular weight is 284 g/mol. The molecule has 1 aliphatic carbocycles. The van der Waals surface area contributed by atoms with Crippen molar-refractivity contribution in [3.8, 4) is 0 Å². The summed E-state index contributed by atoms with van der Waals surface area (Å²) in [5.41, 5.74) is -0.248. The van der Waals surface area contributed by atoms with Crippen LogP contribution in [0.3, 0.4) is 0 Å². The molecule has 6 heteroatoms. The molecule has 1 saturated carbocycles. The van der Waals surface area contributed by atoms with Gasteiger partial charge in [-0.3, -0.25) is 4.79 Å². The Hall–Kier alpha value is -1.69. The predicted octanol–water partition coefficient (Wildman–Crippen LogP) is 2.30. The largest absolute Gasteiger partial charge is 0.383 e. The molecule has 0 saturated heterocycles. The first-order valence-corrected chi connectivity index (χ1v) is 6.55. The van der Waals surface area contributed by atoms with Crippen molar-refractivity contribution < 1.29 is 18.3 Å². The number of nitrogens with one attached hydrogen (secondary N) is 2. The molecule has 1 aromatic rings. The van der Waals surface area contributed by atoms with Crippen LogP contribution in [0.4, 0.5) is 14.5 Å². The number of ether oxygens (including phenoxy) is 1. The summed E-state index contributed by atoms with van der Waals surface area (Å²) in [6.45, 7) is 0. The van der Waals surface area contributed by atoms with Gasteiger partial charge in [-0.25, -0.2) is 8.78 Å². The van der Waals surface area contributed by atoms with E-state index in [0.29, 0.717) is 0 Å². The number of hydrogen-bond acceptors (Lipinski definition) is 3. The highest BCUT2D eigenvalue weighted by atomic mass is 19.1. The van der Waals surface area contributed by atoms with Crippen LogP contribution in [-0.4, -0.2) is 32.2 Å². The van der Waals surface area contributed by atoms with Gasteiger partial charge in [-0.1, -0.05) is 0 Å². The van der Waals surface area contributed by atoms with E-state index in [1.54, 1.807) is 7.11 Å². The summed E-state index contributed by atoms with van der Waals surface area (Å²) >= 11 is 0. The van der Waals surface area contributed by atoms with Crippen molar-refractivity contribution >= 4 is 11.6 Å². The van der Waals surface area contributed by atoms with Crippen molar-refractivity contribution in [2.75, 3.05) is 19.5 Å². The molecule has 1 amide bonds. The van der Waals surface area contributed by atoms with E-state index < -0.39 is 17.5 Å². The molecule has 20 heavy (non-hydrogen) atoms. The first-order valence-electron chi connectivity index (χ1n) is 6.55. The van der Waals surface area contributed by atoms with Gasteiger partial charge in [0, 0.05) is 25.8 Å². The minimum atomic E-state index is -0.779.